The number of nitrogens with zero attached hydrogens (tertiary/aromatic N) is 2. The number of benzene rings is 1. The van der Waals surface area contributed by atoms with Crippen molar-refractivity contribution in [2.24, 2.45) is 0 Å². The van der Waals surface area contributed by atoms with Crippen LogP contribution in [0.1, 0.15) is 50.3 Å². The monoisotopic (exact) mass is 456 g/mol. The number of methoxy groups -OCH3 is 1. The van der Waals surface area contributed by atoms with Gasteiger partial charge in [-0.25, -0.2) is 4.79 Å². The van der Waals surface area contributed by atoms with E-state index in [1.807, 2.05) is 26.8 Å². The third kappa shape index (κ3) is 4.43. The van der Waals surface area contributed by atoms with Crippen LogP contribution in [0, 0.1) is 6.92 Å². The second-order valence-corrected chi connectivity index (χ2v) is 9.50. The molecule has 8 heteroatoms. The highest BCUT2D eigenvalue weighted by Crippen LogP contribution is 2.43. The number of hydrogen-bond acceptors (Lipinski definition) is 6. The molecule has 1 saturated heterocycles. The first-order valence-electron chi connectivity index (χ1n) is 11.5. The van der Waals surface area contributed by atoms with Crippen molar-refractivity contribution in [3.05, 3.63) is 33.2 Å². The van der Waals surface area contributed by atoms with E-state index in [-0.39, 0.29) is 23.8 Å². The normalized spacial score (nSPS) is 17.5. The third-order valence-corrected chi connectivity index (χ3v) is 6.83. The molecule has 0 saturated carbocycles. The second-order valence-electron chi connectivity index (χ2n) is 9.50. The van der Waals surface area contributed by atoms with Gasteiger partial charge in [-0.05, 0) is 45.6 Å². The zero-order chi connectivity index (χ0) is 23.9. The Morgan fingerprint density at radius 1 is 1.15 bits per heavy atom. The van der Waals surface area contributed by atoms with Crippen molar-refractivity contribution in [2.75, 3.05) is 33.3 Å². The molecule has 0 spiro atoms. The minimum Gasteiger partial charge on any atom is -0.496 e. The summed E-state index contributed by atoms with van der Waals surface area (Å²) in [5.74, 6) is 1.28. The lowest BCUT2D eigenvalue weighted by Gasteiger charge is -2.34. The van der Waals surface area contributed by atoms with E-state index < -0.39 is 5.63 Å². The highest BCUT2D eigenvalue weighted by Gasteiger charge is 2.31. The molecule has 33 heavy (non-hydrogen) atoms. The van der Waals surface area contributed by atoms with Gasteiger partial charge in [0.1, 0.15) is 22.7 Å². The van der Waals surface area contributed by atoms with Crippen LogP contribution in [0.4, 0.5) is 0 Å². The van der Waals surface area contributed by atoms with Crippen LogP contribution in [-0.4, -0.2) is 60.5 Å². The average molecular weight is 457 g/mol. The summed E-state index contributed by atoms with van der Waals surface area (Å²) in [6.45, 7) is 9.60. The van der Waals surface area contributed by atoms with Crippen LogP contribution < -0.4 is 15.1 Å². The Labute approximate surface area is 193 Å². The molecule has 2 aliphatic rings. The van der Waals surface area contributed by atoms with Crippen LogP contribution in [0.3, 0.4) is 0 Å². The highest BCUT2D eigenvalue weighted by atomic mass is 16.5. The number of hydrogen-bond donors (Lipinski definition) is 0. The largest absolute Gasteiger partial charge is 0.496 e. The van der Waals surface area contributed by atoms with Crippen molar-refractivity contribution in [3.63, 3.8) is 0 Å². The number of rotatable bonds is 4. The third-order valence-electron chi connectivity index (χ3n) is 6.83. The van der Waals surface area contributed by atoms with E-state index in [2.05, 4.69) is 0 Å². The van der Waals surface area contributed by atoms with Crippen LogP contribution in [0.5, 0.6) is 11.5 Å². The lowest BCUT2D eigenvalue weighted by atomic mass is 9.91. The van der Waals surface area contributed by atoms with Crippen LogP contribution in [0.25, 0.3) is 11.0 Å². The van der Waals surface area contributed by atoms with Gasteiger partial charge in [-0.15, -0.1) is 0 Å². The van der Waals surface area contributed by atoms with Crippen molar-refractivity contribution >= 4 is 22.8 Å². The Morgan fingerprint density at radius 2 is 1.82 bits per heavy atom. The Hall–Kier alpha value is -3.03. The molecular formula is C25H32N2O6. The minimum atomic E-state index is -0.422. The van der Waals surface area contributed by atoms with Crippen molar-refractivity contribution in [1.82, 2.24) is 9.80 Å². The first-order valence-corrected chi connectivity index (χ1v) is 11.5. The number of amides is 2. The zero-order valence-corrected chi connectivity index (χ0v) is 20.1. The number of ether oxygens (including phenoxy) is 2. The molecule has 4 rings (SSSR count). The maximum Gasteiger partial charge on any atom is 0.339 e. The first-order chi connectivity index (χ1) is 15.6. The predicted octanol–water partition coefficient (Wildman–Crippen LogP) is 2.84. The molecule has 0 aliphatic carbocycles. The van der Waals surface area contributed by atoms with Crippen molar-refractivity contribution in [3.8, 4) is 11.5 Å². The SMILES string of the molecule is COc1cc2c(c3oc(=O)c(CCC(=O)N4CCN(C(C)=O)CC4)c(C)c13)CCC(C)(C)O2. The number of fused-ring (bicyclic) bond motifs is 3. The second kappa shape index (κ2) is 8.72. The Bertz CT molecular complexity index is 1160. The maximum atomic E-state index is 13.0. The minimum absolute atomic E-state index is 0.0230. The fourth-order valence-corrected chi connectivity index (χ4v) is 4.79. The smallest absolute Gasteiger partial charge is 0.339 e. The molecule has 1 aromatic heterocycles. The summed E-state index contributed by atoms with van der Waals surface area (Å²) < 4.78 is 17.6. The summed E-state index contributed by atoms with van der Waals surface area (Å²) in [5, 5.41) is 0.761. The fourth-order valence-electron chi connectivity index (χ4n) is 4.79. The van der Waals surface area contributed by atoms with Gasteiger partial charge in [0.05, 0.1) is 12.5 Å². The molecule has 8 nitrogen and oxygen atoms in total. The van der Waals surface area contributed by atoms with Gasteiger partial charge in [0.2, 0.25) is 11.8 Å². The molecule has 0 atom stereocenters. The molecule has 1 aromatic carbocycles. The zero-order valence-electron chi connectivity index (χ0n) is 20.1. The molecule has 2 aromatic rings. The van der Waals surface area contributed by atoms with E-state index in [0.717, 1.165) is 29.4 Å². The molecule has 0 bridgehead atoms. The molecular weight excluding hydrogens is 424 g/mol. The summed E-state index contributed by atoms with van der Waals surface area (Å²) in [6.07, 6.45) is 2.06. The summed E-state index contributed by atoms with van der Waals surface area (Å²) in [4.78, 5) is 40.7. The molecule has 2 aliphatic heterocycles. The van der Waals surface area contributed by atoms with Gasteiger partial charge in [-0.3, -0.25) is 9.59 Å². The van der Waals surface area contributed by atoms with E-state index in [1.54, 1.807) is 16.9 Å². The Balaban J connectivity index is 1.60. The fraction of sp³-hybridized carbons (Fsp3) is 0.560. The van der Waals surface area contributed by atoms with Crippen LogP contribution >= 0.6 is 0 Å². The van der Waals surface area contributed by atoms with Crippen LogP contribution in [-0.2, 0) is 22.4 Å². The maximum absolute atomic E-state index is 13.0. The summed E-state index contributed by atoms with van der Waals surface area (Å²) in [5.41, 5.74) is 1.95. The topological polar surface area (TPSA) is 89.3 Å². The van der Waals surface area contributed by atoms with Gasteiger partial charge in [0, 0.05) is 56.7 Å². The predicted molar refractivity (Wildman–Crippen MR) is 124 cm³/mol. The van der Waals surface area contributed by atoms with Gasteiger partial charge in [0.25, 0.3) is 0 Å². The Morgan fingerprint density at radius 3 is 2.45 bits per heavy atom. The van der Waals surface area contributed by atoms with E-state index in [1.165, 1.54) is 6.92 Å². The molecule has 178 valence electrons. The summed E-state index contributed by atoms with van der Waals surface area (Å²) in [7, 11) is 1.59. The first kappa shape index (κ1) is 23.1. The molecule has 2 amide bonds. The lowest BCUT2D eigenvalue weighted by Crippen LogP contribution is -2.50. The molecule has 0 radical (unpaired) electrons. The number of carbonyl (C=O) groups is 2. The lowest BCUT2D eigenvalue weighted by molar-refractivity contribution is -0.138. The quantitative estimate of drug-likeness (QED) is 0.658. The van der Waals surface area contributed by atoms with E-state index in [0.29, 0.717) is 55.2 Å². The summed E-state index contributed by atoms with van der Waals surface area (Å²) >= 11 is 0. The average Bonchev–Trinajstić information content (AvgIpc) is 2.77. The van der Waals surface area contributed by atoms with Crippen LogP contribution in [0.2, 0.25) is 0 Å². The molecule has 0 unspecified atom stereocenters. The number of carbonyl (C=O) groups excluding carboxylic acids is 2. The van der Waals surface area contributed by atoms with Gasteiger partial charge >= 0.3 is 5.63 Å². The van der Waals surface area contributed by atoms with E-state index >= 15 is 0 Å². The number of piperazine rings is 1. The van der Waals surface area contributed by atoms with Gasteiger partial charge in [-0.2, -0.15) is 0 Å². The summed E-state index contributed by atoms with van der Waals surface area (Å²) in [6, 6.07) is 1.87. The molecule has 1 fully saturated rings. The van der Waals surface area contributed by atoms with Crippen LogP contribution in [0.15, 0.2) is 15.3 Å². The van der Waals surface area contributed by atoms with Crippen molar-refractivity contribution in [2.45, 2.75) is 59.0 Å². The Kier molecular flexibility index (Phi) is 6.12. The van der Waals surface area contributed by atoms with Crippen molar-refractivity contribution < 1.29 is 23.5 Å². The van der Waals surface area contributed by atoms with Crippen molar-refractivity contribution in [1.29, 1.82) is 0 Å². The van der Waals surface area contributed by atoms with Gasteiger partial charge in [0.15, 0.2) is 0 Å². The van der Waals surface area contributed by atoms with Gasteiger partial charge in [-0.1, -0.05) is 0 Å². The standard InChI is InChI=1S/C25H32N2O6/c1-15-17(6-7-21(29)27-12-10-26(11-13-27)16(2)28)24(30)32-23-18-8-9-25(3,4)33-19(18)14-20(31-5)22(15)23/h14H,6-13H2,1-5H3. The van der Waals surface area contributed by atoms with Gasteiger partial charge < -0.3 is 23.7 Å². The molecule has 3 heterocycles. The van der Waals surface area contributed by atoms with E-state index in [9.17, 15) is 14.4 Å². The van der Waals surface area contributed by atoms with E-state index in [4.69, 9.17) is 13.9 Å². The highest BCUT2D eigenvalue weighted by molar-refractivity contribution is 5.92. The molecule has 0 N–H and O–H groups in total. The number of aryl methyl sites for hydroxylation is 2.